The van der Waals surface area contributed by atoms with Gasteiger partial charge in [0.2, 0.25) is 0 Å². The van der Waals surface area contributed by atoms with Crippen LogP contribution in [0.5, 0.6) is 0 Å². The molecule has 0 heterocycles. The Morgan fingerprint density at radius 3 is 2.57 bits per heavy atom. The molecule has 23 heavy (non-hydrogen) atoms. The van der Waals surface area contributed by atoms with Crippen molar-refractivity contribution in [2.75, 3.05) is 0 Å². The van der Waals surface area contributed by atoms with Gasteiger partial charge in [0, 0.05) is 5.57 Å². The van der Waals surface area contributed by atoms with Crippen LogP contribution in [0.4, 0.5) is 0 Å². The lowest BCUT2D eigenvalue weighted by Gasteiger charge is -2.40. The monoisotopic (exact) mass is 316 g/mol. The Morgan fingerprint density at radius 1 is 1.22 bits per heavy atom. The van der Waals surface area contributed by atoms with E-state index in [0.29, 0.717) is 12.3 Å². The molecule has 0 aromatic rings. The minimum atomic E-state index is -0.717. The molecule has 0 saturated carbocycles. The summed E-state index contributed by atoms with van der Waals surface area (Å²) in [6.45, 7) is 10.3. The summed E-state index contributed by atoms with van der Waals surface area (Å²) in [5.74, 6) is -0.0170. The fourth-order valence-electron chi connectivity index (χ4n) is 4.91. The van der Waals surface area contributed by atoms with Crippen LogP contribution in [0.2, 0.25) is 0 Å². The van der Waals surface area contributed by atoms with Gasteiger partial charge in [0.25, 0.3) is 0 Å². The minimum absolute atomic E-state index is 0.0718. The molecule has 3 aliphatic rings. The second kappa shape index (κ2) is 5.71. The number of Topliss-reactive ketones (excluding diaryl/α,β-unsaturated/α-hetero) is 1. The zero-order valence-corrected chi connectivity index (χ0v) is 14.4. The zero-order chi connectivity index (χ0) is 16.9. The van der Waals surface area contributed by atoms with E-state index in [2.05, 4.69) is 20.4 Å². The number of carbonyl (C=O) groups is 1. The summed E-state index contributed by atoms with van der Waals surface area (Å²) in [4.78, 5) is 13.1. The van der Waals surface area contributed by atoms with Gasteiger partial charge >= 0.3 is 0 Å². The maximum absolute atomic E-state index is 13.1. The van der Waals surface area contributed by atoms with E-state index in [9.17, 15) is 15.0 Å². The van der Waals surface area contributed by atoms with Gasteiger partial charge in [-0.2, -0.15) is 0 Å². The number of ketones is 1. The average molecular weight is 316 g/mol. The average Bonchev–Trinajstić information content (AvgIpc) is 2.69. The second-order valence-electron chi connectivity index (χ2n) is 8.12. The molecule has 0 saturated heterocycles. The standard InChI is InChI=1S/C20H28O3/c1-11-5-6-13-7-8-15-17(20(13,3)4)19(23)16(18(15)22)12(2)10-14(21)9-11/h10,13-14,16,18,21-22H,1,5-9H2,2-4H3/b12-10+/t13-,14?,16+,18+/m1/s1. The van der Waals surface area contributed by atoms with E-state index in [0.717, 1.165) is 48.0 Å². The van der Waals surface area contributed by atoms with E-state index in [-0.39, 0.29) is 11.2 Å². The highest BCUT2D eigenvalue weighted by Crippen LogP contribution is 2.53. The number of carbonyl (C=O) groups excluding carboxylic acids is 1. The van der Waals surface area contributed by atoms with Crippen molar-refractivity contribution in [3.8, 4) is 0 Å². The van der Waals surface area contributed by atoms with Gasteiger partial charge < -0.3 is 10.2 Å². The van der Waals surface area contributed by atoms with Gasteiger partial charge in [0.1, 0.15) is 0 Å². The molecule has 3 aliphatic carbocycles. The highest BCUT2D eigenvalue weighted by Gasteiger charge is 2.51. The Bertz CT molecular complexity index is 608. The van der Waals surface area contributed by atoms with Gasteiger partial charge in [-0.25, -0.2) is 0 Å². The third kappa shape index (κ3) is 2.64. The van der Waals surface area contributed by atoms with Crippen LogP contribution in [-0.4, -0.2) is 28.2 Å². The third-order valence-corrected chi connectivity index (χ3v) is 6.24. The van der Waals surface area contributed by atoms with E-state index in [1.807, 2.05) is 6.92 Å². The van der Waals surface area contributed by atoms with E-state index >= 15 is 0 Å². The zero-order valence-electron chi connectivity index (χ0n) is 14.4. The predicted molar refractivity (Wildman–Crippen MR) is 90.8 cm³/mol. The first kappa shape index (κ1) is 16.7. The quantitative estimate of drug-likeness (QED) is 0.674. The van der Waals surface area contributed by atoms with Crippen molar-refractivity contribution in [3.05, 3.63) is 34.9 Å². The first-order chi connectivity index (χ1) is 10.7. The lowest BCUT2D eigenvalue weighted by molar-refractivity contribution is -0.120. The lowest BCUT2D eigenvalue weighted by atomic mass is 9.63. The minimum Gasteiger partial charge on any atom is -0.389 e. The maximum Gasteiger partial charge on any atom is 0.169 e. The summed E-state index contributed by atoms with van der Waals surface area (Å²) in [5, 5.41) is 21.0. The summed E-state index contributed by atoms with van der Waals surface area (Å²) >= 11 is 0. The topological polar surface area (TPSA) is 57.5 Å². The van der Waals surface area contributed by atoms with Gasteiger partial charge in [-0.1, -0.05) is 37.6 Å². The normalized spacial score (nSPS) is 39.8. The Morgan fingerprint density at radius 2 is 1.87 bits per heavy atom. The molecule has 0 amide bonds. The lowest BCUT2D eigenvalue weighted by Crippen LogP contribution is -2.33. The molecule has 1 unspecified atom stereocenters. The molecule has 2 N–H and O–H groups in total. The van der Waals surface area contributed by atoms with Gasteiger partial charge in [-0.3, -0.25) is 4.79 Å². The van der Waals surface area contributed by atoms with Gasteiger partial charge in [0.05, 0.1) is 18.1 Å². The first-order valence-corrected chi connectivity index (χ1v) is 8.72. The summed E-state index contributed by atoms with van der Waals surface area (Å²) in [6.07, 6.45) is 4.64. The fourth-order valence-corrected chi connectivity index (χ4v) is 4.91. The van der Waals surface area contributed by atoms with E-state index in [1.165, 1.54) is 0 Å². The fraction of sp³-hybridized carbons (Fsp3) is 0.650. The first-order valence-electron chi connectivity index (χ1n) is 8.72. The van der Waals surface area contributed by atoms with Crippen LogP contribution < -0.4 is 0 Å². The number of rotatable bonds is 0. The van der Waals surface area contributed by atoms with Crippen molar-refractivity contribution < 1.29 is 15.0 Å². The molecule has 0 aromatic carbocycles. The summed E-state index contributed by atoms with van der Waals surface area (Å²) < 4.78 is 0. The number of fused-ring (bicyclic) bond motifs is 2. The molecule has 0 aromatic heterocycles. The Labute approximate surface area is 138 Å². The van der Waals surface area contributed by atoms with Crippen LogP contribution in [0.15, 0.2) is 34.9 Å². The number of aliphatic hydroxyl groups is 2. The van der Waals surface area contributed by atoms with Crippen LogP contribution in [-0.2, 0) is 4.79 Å². The molecular formula is C20H28O3. The van der Waals surface area contributed by atoms with Crippen molar-refractivity contribution in [2.24, 2.45) is 17.3 Å². The molecule has 3 heteroatoms. The molecule has 3 bridgehead atoms. The van der Waals surface area contributed by atoms with Crippen LogP contribution in [0, 0.1) is 17.3 Å². The number of aliphatic hydroxyl groups excluding tert-OH is 2. The highest BCUT2D eigenvalue weighted by molar-refractivity contribution is 6.04. The van der Waals surface area contributed by atoms with Crippen LogP contribution in [0.25, 0.3) is 0 Å². The third-order valence-electron chi connectivity index (χ3n) is 6.24. The van der Waals surface area contributed by atoms with E-state index in [1.54, 1.807) is 6.08 Å². The molecule has 0 aliphatic heterocycles. The Kier molecular flexibility index (Phi) is 4.14. The molecule has 0 fully saturated rings. The second-order valence-corrected chi connectivity index (χ2v) is 8.12. The van der Waals surface area contributed by atoms with Crippen LogP contribution >= 0.6 is 0 Å². The number of allylic oxidation sites excluding steroid dienone is 1. The van der Waals surface area contributed by atoms with E-state index in [4.69, 9.17) is 0 Å². The van der Waals surface area contributed by atoms with Crippen molar-refractivity contribution >= 4 is 5.78 Å². The smallest absolute Gasteiger partial charge is 0.169 e. The number of hydrogen-bond donors (Lipinski definition) is 2. The Hall–Kier alpha value is -1.19. The summed E-state index contributed by atoms with van der Waals surface area (Å²) in [7, 11) is 0. The van der Waals surface area contributed by atoms with Gasteiger partial charge in [-0.05, 0) is 55.9 Å². The van der Waals surface area contributed by atoms with Crippen LogP contribution in [0.1, 0.15) is 52.9 Å². The van der Waals surface area contributed by atoms with Crippen LogP contribution in [0.3, 0.4) is 0 Å². The van der Waals surface area contributed by atoms with Crippen molar-refractivity contribution in [3.63, 3.8) is 0 Å². The molecule has 0 spiro atoms. The summed E-state index contributed by atoms with van der Waals surface area (Å²) in [6, 6.07) is 0. The molecule has 0 radical (unpaired) electrons. The molecule has 126 valence electrons. The van der Waals surface area contributed by atoms with Crippen molar-refractivity contribution in [1.29, 1.82) is 0 Å². The van der Waals surface area contributed by atoms with Gasteiger partial charge in [-0.15, -0.1) is 0 Å². The van der Waals surface area contributed by atoms with Crippen molar-refractivity contribution in [2.45, 2.75) is 65.1 Å². The molecule has 4 atom stereocenters. The molecule has 3 nitrogen and oxygen atoms in total. The Balaban J connectivity index is 2.10. The highest BCUT2D eigenvalue weighted by atomic mass is 16.3. The van der Waals surface area contributed by atoms with Gasteiger partial charge in [0.15, 0.2) is 5.78 Å². The summed E-state index contributed by atoms with van der Waals surface area (Å²) in [5.41, 5.74) is 3.46. The predicted octanol–water partition coefficient (Wildman–Crippen LogP) is 3.33. The largest absolute Gasteiger partial charge is 0.389 e. The SMILES string of the molecule is C=C1CC[C@@H]2CCC3=C(C(=O)[C@@H](/C(C)=C/C(O)C1)[C@H]3O)C2(C)C. The van der Waals surface area contributed by atoms with Crippen molar-refractivity contribution in [1.82, 2.24) is 0 Å². The molecule has 3 rings (SSSR count). The molecular weight excluding hydrogens is 288 g/mol. The maximum atomic E-state index is 13.1. The number of hydrogen-bond acceptors (Lipinski definition) is 3. The van der Waals surface area contributed by atoms with E-state index < -0.39 is 18.1 Å².